The van der Waals surface area contributed by atoms with E-state index >= 15 is 0 Å². The van der Waals surface area contributed by atoms with Gasteiger partial charge in [0.25, 0.3) is 0 Å². The zero-order valence-electron chi connectivity index (χ0n) is 6.37. The van der Waals surface area contributed by atoms with Gasteiger partial charge in [-0.2, -0.15) is 0 Å². The highest BCUT2D eigenvalue weighted by Gasteiger charge is 2.01. The molecule has 0 saturated carbocycles. The van der Waals surface area contributed by atoms with Crippen LogP contribution < -0.4 is 4.74 Å². The van der Waals surface area contributed by atoms with Crippen LogP contribution >= 0.6 is 15.9 Å². The third kappa shape index (κ3) is 2.23. The van der Waals surface area contributed by atoms with Crippen molar-refractivity contribution in [2.45, 2.75) is 6.92 Å². The molecular weight excluding hydrogens is 224 g/mol. The molecule has 1 aromatic carbocycles. The summed E-state index contributed by atoms with van der Waals surface area (Å²) in [7, 11) is 0. The fraction of sp³-hybridized carbons (Fsp3) is 0.125. The molecule has 0 bridgehead atoms. The SMILES string of the molecule is CC(=O)Oc1ccc(O)c(Br)c1. The summed E-state index contributed by atoms with van der Waals surface area (Å²) in [5.41, 5.74) is 0. The van der Waals surface area contributed by atoms with E-state index in [-0.39, 0.29) is 11.7 Å². The third-order valence-electron chi connectivity index (χ3n) is 1.18. The largest absolute Gasteiger partial charge is 0.507 e. The first kappa shape index (κ1) is 9.06. The maximum absolute atomic E-state index is 10.5. The number of phenols is 1. The second-order valence-corrected chi connectivity index (χ2v) is 3.06. The Morgan fingerprint density at radius 3 is 2.75 bits per heavy atom. The number of halogens is 1. The minimum absolute atomic E-state index is 0.117. The summed E-state index contributed by atoms with van der Waals surface area (Å²) in [6.45, 7) is 1.32. The molecule has 3 nitrogen and oxygen atoms in total. The number of esters is 1. The molecule has 0 unspecified atom stereocenters. The Hall–Kier alpha value is -1.03. The highest BCUT2D eigenvalue weighted by atomic mass is 79.9. The van der Waals surface area contributed by atoms with E-state index < -0.39 is 0 Å². The molecule has 0 aliphatic carbocycles. The minimum Gasteiger partial charge on any atom is -0.507 e. The van der Waals surface area contributed by atoms with Crippen LogP contribution in [0.25, 0.3) is 0 Å². The molecule has 12 heavy (non-hydrogen) atoms. The molecule has 0 aromatic heterocycles. The number of ether oxygens (including phenoxy) is 1. The normalized spacial score (nSPS) is 9.50. The number of hydrogen-bond acceptors (Lipinski definition) is 3. The standard InChI is InChI=1S/C8H7BrO3/c1-5(10)12-6-2-3-8(11)7(9)4-6/h2-4,11H,1H3. The van der Waals surface area contributed by atoms with E-state index in [1.807, 2.05) is 0 Å². The molecule has 0 heterocycles. The Morgan fingerprint density at radius 1 is 1.58 bits per heavy atom. The van der Waals surface area contributed by atoms with Crippen LogP contribution in [0.1, 0.15) is 6.92 Å². The van der Waals surface area contributed by atoms with Gasteiger partial charge in [-0.3, -0.25) is 4.79 Å². The van der Waals surface area contributed by atoms with Crippen LogP contribution in [-0.2, 0) is 4.79 Å². The smallest absolute Gasteiger partial charge is 0.308 e. The van der Waals surface area contributed by atoms with Crippen LogP contribution in [-0.4, -0.2) is 11.1 Å². The predicted octanol–water partition coefficient (Wildman–Crippen LogP) is 2.08. The lowest BCUT2D eigenvalue weighted by molar-refractivity contribution is -0.131. The molecule has 0 aliphatic rings. The van der Waals surface area contributed by atoms with E-state index in [2.05, 4.69) is 15.9 Å². The van der Waals surface area contributed by atoms with Crippen molar-refractivity contribution >= 4 is 21.9 Å². The van der Waals surface area contributed by atoms with Crippen molar-refractivity contribution in [1.82, 2.24) is 0 Å². The van der Waals surface area contributed by atoms with E-state index in [1.165, 1.54) is 25.1 Å². The van der Waals surface area contributed by atoms with Crippen LogP contribution in [0.3, 0.4) is 0 Å². The average molecular weight is 231 g/mol. The van der Waals surface area contributed by atoms with Gasteiger partial charge in [-0.15, -0.1) is 0 Å². The first-order valence-corrected chi connectivity index (χ1v) is 4.06. The predicted molar refractivity (Wildman–Crippen MR) is 47.1 cm³/mol. The summed E-state index contributed by atoms with van der Waals surface area (Å²) in [6.07, 6.45) is 0. The van der Waals surface area contributed by atoms with Gasteiger partial charge in [0.15, 0.2) is 0 Å². The van der Waals surface area contributed by atoms with Crippen molar-refractivity contribution < 1.29 is 14.6 Å². The molecule has 0 fully saturated rings. The Labute approximate surface area is 78.1 Å². The monoisotopic (exact) mass is 230 g/mol. The summed E-state index contributed by atoms with van der Waals surface area (Å²) >= 11 is 3.09. The van der Waals surface area contributed by atoms with Crippen LogP contribution in [0.2, 0.25) is 0 Å². The molecule has 64 valence electrons. The van der Waals surface area contributed by atoms with E-state index in [0.717, 1.165) is 0 Å². The van der Waals surface area contributed by atoms with Crippen LogP contribution in [0.15, 0.2) is 22.7 Å². The summed E-state index contributed by atoms with van der Waals surface area (Å²) in [6, 6.07) is 4.49. The lowest BCUT2D eigenvalue weighted by Gasteiger charge is -2.01. The van der Waals surface area contributed by atoms with Gasteiger partial charge in [-0.25, -0.2) is 0 Å². The van der Waals surface area contributed by atoms with Gasteiger partial charge in [0.05, 0.1) is 4.47 Å². The summed E-state index contributed by atoms with van der Waals surface area (Å²) < 4.78 is 5.27. The quantitative estimate of drug-likeness (QED) is 0.594. The van der Waals surface area contributed by atoms with Crippen LogP contribution in [0.4, 0.5) is 0 Å². The maximum atomic E-state index is 10.5. The van der Waals surface area contributed by atoms with Gasteiger partial charge in [-0.1, -0.05) is 0 Å². The van der Waals surface area contributed by atoms with Crippen LogP contribution in [0, 0.1) is 0 Å². The number of rotatable bonds is 1. The fourth-order valence-electron chi connectivity index (χ4n) is 0.717. The Bertz CT molecular complexity index is 309. The first-order valence-electron chi connectivity index (χ1n) is 3.26. The van der Waals surface area contributed by atoms with Gasteiger partial charge >= 0.3 is 5.97 Å². The van der Waals surface area contributed by atoms with E-state index in [0.29, 0.717) is 10.2 Å². The number of phenolic OH excluding ortho intramolecular Hbond substituents is 1. The summed E-state index contributed by atoms with van der Waals surface area (Å²) in [5, 5.41) is 9.09. The van der Waals surface area contributed by atoms with Crippen molar-refractivity contribution in [2.24, 2.45) is 0 Å². The summed E-state index contributed by atoms with van der Waals surface area (Å²) in [4.78, 5) is 10.5. The molecule has 0 amide bonds. The number of carbonyl (C=O) groups excluding carboxylic acids is 1. The molecule has 0 radical (unpaired) electrons. The molecule has 0 aliphatic heterocycles. The van der Waals surface area contributed by atoms with Gasteiger partial charge < -0.3 is 9.84 Å². The summed E-state index contributed by atoms with van der Waals surface area (Å²) in [5.74, 6) is 0.144. The molecule has 0 saturated heterocycles. The van der Waals surface area contributed by atoms with Gasteiger partial charge in [-0.05, 0) is 34.1 Å². The van der Waals surface area contributed by atoms with Crippen molar-refractivity contribution in [1.29, 1.82) is 0 Å². The molecule has 4 heteroatoms. The van der Waals surface area contributed by atoms with Crippen molar-refractivity contribution in [3.05, 3.63) is 22.7 Å². The lowest BCUT2D eigenvalue weighted by atomic mass is 10.3. The van der Waals surface area contributed by atoms with Gasteiger partial charge in [0.2, 0.25) is 0 Å². The van der Waals surface area contributed by atoms with E-state index in [1.54, 1.807) is 0 Å². The molecular formula is C8H7BrO3. The second kappa shape index (κ2) is 3.58. The number of aromatic hydroxyl groups is 1. The average Bonchev–Trinajstić information content (AvgIpc) is 1.96. The van der Waals surface area contributed by atoms with Crippen molar-refractivity contribution in [3.63, 3.8) is 0 Å². The first-order chi connectivity index (χ1) is 5.59. The molecule has 0 spiro atoms. The maximum Gasteiger partial charge on any atom is 0.308 e. The molecule has 1 N–H and O–H groups in total. The Balaban J connectivity index is 2.89. The highest BCUT2D eigenvalue weighted by molar-refractivity contribution is 9.10. The molecule has 1 aromatic rings. The zero-order chi connectivity index (χ0) is 9.14. The highest BCUT2D eigenvalue weighted by Crippen LogP contribution is 2.27. The van der Waals surface area contributed by atoms with E-state index in [4.69, 9.17) is 9.84 Å². The van der Waals surface area contributed by atoms with Gasteiger partial charge in [0.1, 0.15) is 11.5 Å². The number of benzene rings is 1. The lowest BCUT2D eigenvalue weighted by Crippen LogP contribution is -2.00. The zero-order valence-corrected chi connectivity index (χ0v) is 7.96. The van der Waals surface area contributed by atoms with E-state index in [9.17, 15) is 4.79 Å². The third-order valence-corrected chi connectivity index (χ3v) is 1.82. The number of carbonyl (C=O) groups is 1. The second-order valence-electron chi connectivity index (χ2n) is 2.21. The van der Waals surface area contributed by atoms with Gasteiger partial charge in [0, 0.05) is 6.92 Å². The Morgan fingerprint density at radius 2 is 2.25 bits per heavy atom. The topological polar surface area (TPSA) is 46.5 Å². The minimum atomic E-state index is -0.382. The Kier molecular flexibility index (Phi) is 2.70. The molecule has 1 rings (SSSR count). The van der Waals surface area contributed by atoms with Crippen molar-refractivity contribution in [2.75, 3.05) is 0 Å². The molecule has 0 atom stereocenters. The van der Waals surface area contributed by atoms with Crippen LogP contribution in [0.5, 0.6) is 11.5 Å². The fourth-order valence-corrected chi connectivity index (χ4v) is 1.07. The number of hydrogen-bond donors (Lipinski definition) is 1. The van der Waals surface area contributed by atoms with Crippen molar-refractivity contribution in [3.8, 4) is 11.5 Å².